The van der Waals surface area contributed by atoms with Gasteiger partial charge in [0, 0.05) is 20.6 Å². The van der Waals surface area contributed by atoms with Gasteiger partial charge < -0.3 is 10.1 Å². The first-order valence-corrected chi connectivity index (χ1v) is 9.66. The van der Waals surface area contributed by atoms with Gasteiger partial charge in [0.1, 0.15) is 0 Å². The molecule has 2 aromatic carbocycles. The van der Waals surface area contributed by atoms with Gasteiger partial charge in [-0.2, -0.15) is 0 Å². The number of amides is 1. The van der Waals surface area contributed by atoms with E-state index in [9.17, 15) is 18.0 Å². The summed E-state index contributed by atoms with van der Waals surface area (Å²) in [6, 6.07) is 13.5. The van der Waals surface area contributed by atoms with E-state index in [0.29, 0.717) is 12.1 Å². The van der Waals surface area contributed by atoms with Crippen LogP contribution in [0.25, 0.3) is 0 Å². The first-order chi connectivity index (χ1) is 12.7. The molecule has 27 heavy (non-hydrogen) atoms. The van der Waals surface area contributed by atoms with E-state index in [2.05, 4.69) is 5.32 Å². The SMILES string of the molecule is Cc1ccc(S(=O)(=O)N(C)C)cc1C(=O)OCC(=O)NCc1ccccc1. The molecule has 0 aliphatic heterocycles. The fraction of sp³-hybridized carbons (Fsp3) is 0.263. The lowest BCUT2D eigenvalue weighted by atomic mass is 10.1. The summed E-state index contributed by atoms with van der Waals surface area (Å²) in [6.45, 7) is 1.54. The maximum absolute atomic E-state index is 12.3. The molecule has 0 radical (unpaired) electrons. The Kier molecular flexibility index (Phi) is 6.70. The maximum atomic E-state index is 12.3. The number of carbonyl (C=O) groups is 2. The van der Waals surface area contributed by atoms with Crippen LogP contribution < -0.4 is 5.32 Å². The lowest BCUT2D eigenvalue weighted by molar-refractivity contribution is -0.124. The van der Waals surface area contributed by atoms with Crippen molar-refractivity contribution in [2.24, 2.45) is 0 Å². The van der Waals surface area contributed by atoms with Crippen LogP contribution in [0.3, 0.4) is 0 Å². The highest BCUT2D eigenvalue weighted by molar-refractivity contribution is 7.89. The zero-order chi connectivity index (χ0) is 20.0. The van der Waals surface area contributed by atoms with Gasteiger partial charge in [-0.1, -0.05) is 36.4 Å². The average Bonchev–Trinajstić information content (AvgIpc) is 2.65. The highest BCUT2D eigenvalue weighted by atomic mass is 32.2. The van der Waals surface area contributed by atoms with Crippen LogP contribution in [0.15, 0.2) is 53.4 Å². The van der Waals surface area contributed by atoms with E-state index in [1.165, 1.54) is 32.3 Å². The van der Waals surface area contributed by atoms with Crippen molar-refractivity contribution in [2.45, 2.75) is 18.4 Å². The van der Waals surface area contributed by atoms with Gasteiger partial charge in [0.05, 0.1) is 10.5 Å². The standard InChI is InChI=1S/C19H22N2O5S/c1-14-9-10-16(27(24,25)21(2)3)11-17(14)19(23)26-13-18(22)20-12-15-7-5-4-6-8-15/h4-11H,12-13H2,1-3H3,(H,20,22). The molecule has 0 saturated heterocycles. The first kappa shape index (κ1) is 20.6. The van der Waals surface area contributed by atoms with Crippen LogP contribution in [0, 0.1) is 6.92 Å². The molecule has 1 amide bonds. The Morgan fingerprint density at radius 1 is 1.07 bits per heavy atom. The Hall–Kier alpha value is -2.71. The van der Waals surface area contributed by atoms with Gasteiger partial charge >= 0.3 is 5.97 Å². The summed E-state index contributed by atoms with van der Waals surface area (Å²) >= 11 is 0. The molecule has 2 aromatic rings. The highest BCUT2D eigenvalue weighted by Crippen LogP contribution is 2.18. The molecule has 0 fully saturated rings. The number of nitrogens with zero attached hydrogens (tertiary/aromatic N) is 1. The van der Waals surface area contributed by atoms with Crippen LogP contribution in [0.4, 0.5) is 0 Å². The summed E-state index contributed by atoms with van der Waals surface area (Å²) in [5, 5.41) is 2.65. The molecule has 0 saturated carbocycles. The van der Waals surface area contributed by atoms with E-state index in [1.54, 1.807) is 6.92 Å². The Balaban J connectivity index is 2.00. The van der Waals surface area contributed by atoms with Crippen molar-refractivity contribution >= 4 is 21.9 Å². The third kappa shape index (κ3) is 5.38. The van der Waals surface area contributed by atoms with Crippen molar-refractivity contribution in [1.29, 1.82) is 0 Å². The van der Waals surface area contributed by atoms with Crippen molar-refractivity contribution in [3.8, 4) is 0 Å². The molecule has 1 N–H and O–H groups in total. The lowest BCUT2D eigenvalue weighted by Crippen LogP contribution is -2.28. The number of aryl methyl sites for hydroxylation is 1. The number of ether oxygens (including phenoxy) is 1. The van der Waals surface area contributed by atoms with E-state index in [1.807, 2.05) is 30.3 Å². The molecule has 0 atom stereocenters. The fourth-order valence-corrected chi connectivity index (χ4v) is 3.18. The van der Waals surface area contributed by atoms with Crippen molar-refractivity contribution in [1.82, 2.24) is 9.62 Å². The summed E-state index contributed by atoms with van der Waals surface area (Å²) in [6.07, 6.45) is 0. The van der Waals surface area contributed by atoms with Gasteiger partial charge in [0.25, 0.3) is 5.91 Å². The number of carbonyl (C=O) groups excluding carboxylic acids is 2. The molecule has 8 heteroatoms. The molecule has 0 aromatic heterocycles. The van der Waals surface area contributed by atoms with Crippen molar-refractivity contribution in [3.05, 3.63) is 65.2 Å². The quantitative estimate of drug-likeness (QED) is 0.727. The minimum absolute atomic E-state index is 0.0152. The van der Waals surface area contributed by atoms with Crippen LogP contribution >= 0.6 is 0 Å². The minimum Gasteiger partial charge on any atom is -0.452 e. The Bertz CT molecular complexity index is 924. The molecule has 0 bridgehead atoms. The number of hydrogen-bond acceptors (Lipinski definition) is 5. The van der Waals surface area contributed by atoms with Gasteiger partial charge in [-0.05, 0) is 30.2 Å². The normalized spacial score (nSPS) is 11.3. The monoisotopic (exact) mass is 390 g/mol. The predicted molar refractivity (Wildman–Crippen MR) is 101 cm³/mol. The largest absolute Gasteiger partial charge is 0.452 e. The molecule has 144 valence electrons. The summed E-state index contributed by atoms with van der Waals surface area (Å²) < 4.78 is 30.5. The maximum Gasteiger partial charge on any atom is 0.338 e. The minimum atomic E-state index is -3.67. The lowest BCUT2D eigenvalue weighted by Gasteiger charge is -2.13. The third-order valence-electron chi connectivity index (χ3n) is 3.87. The Labute approximate surface area is 159 Å². The van der Waals surface area contributed by atoms with E-state index in [0.717, 1.165) is 9.87 Å². The van der Waals surface area contributed by atoms with Gasteiger partial charge in [-0.15, -0.1) is 0 Å². The van der Waals surface area contributed by atoms with E-state index in [-0.39, 0.29) is 10.5 Å². The zero-order valence-corrected chi connectivity index (χ0v) is 16.2. The molecule has 0 aliphatic rings. The van der Waals surface area contributed by atoms with E-state index >= 15 is 0 Å². The summed E-state index contributed by atoms with van der Waals surface area (Å²) in [5.74, 6) is -1.19. The van der Waals surface area contributed by atoms with Crippen LogP contribution in [-0.2, 0) is 26.1 Å². The molecule has 0 unspecified atom stereocenters. The Morgan fingerprint density at radius 3 is 2.37 bits per heavy atom. The third-order valence-corrected chi connectivity index (χ3v) is 5.69. The van der Waals surface area contributed by atoms with Gasteiger partial charge in [0.15, 0.2) is 6.61 Å². The molecule has 0 spiro atoms. The van der Waals surface area contributed by atoms with Crippen molar-refractivity contribution < 1.29 is 22.7 Å². The van der Waals surface area contributed by atoms with E-state index in [4.69, 9.17) is 4.74 Å². The predicted octanol–water partition coefficient (Wildman–Crippen LogP) is 1.72. The number of hydrogen-bond donors (Lipinski definition) is 1. The second-order valence-electron chi connectivity index (χ2n) is 6.10. The first-order valence-electron chi connectivity index (χ1n) is 8.22. The van der Waals surface area contributed by atoms with E-state index < -0.39 is 28.5 Å². The molecule has 0 aliphatic carbocycles. The smallest absolute Gasteiger partial charge is 0.338 e. The summed E-state index contributed by atoms with van der Waals surface area (Å²) in [4.78, 5) is 24.1. The Morgan fingerprint density at radius 2 is 1.74 bits per heavy atom. The molecular formula is C19H22N2O5S. The van der Waals surface area contributed by atoms with Crippen molar-refractivity contribution in [3.63, 3.8) is 0 Å². The van der Waals surface area contributed by atoms with Crippen LogP contribution in [0.5, 0.6) is 0 Å². The van der Waals surface area contributed by atoms with Gasteiger partial charge in [-0.3, -0.25) is 4.79 Å². The van der Waals surface area contributed by atoms with Crippen molar-refractivity contribution in [2.75, 3.05) is 20.7 Å². The highest BCUT2D eigenvalue weighted by Gasteiger charge is 2.21. The van der Waals surface area contributed by atoms with Crippen LogP contribution in [-0.4, -0.2) is 45.3 Å². The number of sulfonamides is 1. The number of nitrogens with one attached hydrogen (secondary N) is 1. The van der Waals surface area contributed by atoms with Crippen LogP contribution in [0.1, 0.15) is 21.5 Å². The van der Waals surface area contributed by atoms with Gasteiger partial charge in [-0.25, -0.2) is 17.5 Å². The fourth-order valence-electron chi connectivity index (χ4n) is 2.25. The van der Waals surface area contributed by atoms with Gasteiger partial charge in [0.2, 0.25) is 10.0 Å². The number of esters is 1. The molecule has 7 nitrogen and oxygen atoms in total. The van der Waals surface area contributed by atoms with Crippen LogP contribution in [0.2, 0.25) is 0 Å². The molecule has 2 rings (SSSR count). The number of rotatable bonds is 7. The topological polar surface area (TPSA) is 92.8 Å². The molecule has 0 heterocycles. The second kappa shape index (κ2) is 8.79. The summed E-state index contributed by atoms with van der Waals surface area (Å²) in [7, 11) is -0.860. The molecular weight excluding hydrogens is 368 g/mol. The zero-order valence-electron chi connectivity index (χ0n) is 15.4. The average molecular weight is 390 g/mol. The number of benzene rings is 2. The second-order valence-corrected chi connectivity index (χ2v) is 8.25. The summed E-state index contributed by atoms with van der Waals surface area (Å²) in [5.41, 5.74) is 1.59.